The van der Waals surface area contributed by atoms with Crippen molar-refractivity contribution in [2.45, 2.75) is 19.6 Å². The van der Waals surface area contributed by atoms with Gasteiger partial charge in [-0.3, -0.25) is 0 Å². The van der Waals surface area contributed by atoms with Crippen molar-refractivity contribution in [3.05, 3.63) is 0 Å². The third kappa shape index (κ3) is 2.81. The van der Waals surface area contributed by atoms with Crippen molar-refractivity contribution in [2.75, 3.05) is 7.05 Å². The van der Waals surface area contributed by atoms with Gasteiger partial charge in [0.2, 0.25) is 0 Å². The normalized spacial score (nSPS) is 14.6. The van der Waals surface area contributed by atoms with E-state index in [2.05, 4.69) is 30.9 Å². The summed E-state index contributed by atoms with van der Waals surface area (Å²) in [6, 6.07) is 0. The first-order valence-corrected chi connectivity index (χ1v) is 12.9. The lowest BCUT2D eigenvalue weighted by atomic mass is 11.6. The Kier molecular flexibility index (Phi) is 3.18. The molecule has 0 rings (SSSR count). The molecule has 0 aromatic rings. The Balaban J connectivity index is 3.62. The van der Waals surface area contributed by atoms with E-state index in [9.17, 15) is 0 Å². The maximum absolute atomic E-state index is 2.65. The van der Waals surface area contributed by atoms with Gasteiger partial charge in [0.05, 0.1) is 9.20 Å². The highest BCUT2D eigenvalue weighted by atomic mass is 29.1. The molecule has 8 heavy (non-hydrogen) atoms. The number of hydrogen-bond donors (Lipinski definition) is 0. The molecule has 0 aliphatic heterocycles. The van der Waals surface area contributed by atoms with E-state index >= 15 is 0 Å². The summed E-state index contributed by atoms with van der Waals surface area (Å²) in [4.78, 5) is 0. The molecule has 0 unspecified atom stereocenters. The van der Waals surface area contributed by atoms with Crippen LogP contribution in [0.25, 0.3) is 0 Å². The third-order valence-corrected chi connectivity index (χ3v) is 13.4. The highest BCUT2D eigenvalue weighted by molar-refractivity contribution is 6.95. The fourth-order valence-electron chi connectivity index (χ4n) is 0.474. The molecule has 0 N–H and O–H groups in total. The first-order valence-electron chi connectivity index (χ1n) is 3.19. The molecule has 0 saturated carbocycles. The van der Waals surface area contributed by atoms with E-state index in [0.717, 1.165) is 0 Å². The molecule has 0 aliphatic carbocycles. The third-order valence-electron chi connectivity index (χ3n) is 1.62. The molecule has 0 heterocycles. The van der Waals surface area contributed by atoms with E-state index < -0.39 is 8.24 Å². The molecule has 0 radical (unpaired) electrons. The predicted molar refractivity (Wildman–Crippen MR) is 49.6 cm³/mol. The summed E-state index contributed by atoms with van der Waals surface area (Å²) in [6.45, 7) is 7.24. The van der Waals surface area contributed by atoms with Crippen LogP contribution in [0.1, 0.15) is 0 Å². The Morgan fingerprint density at radius 3 is 1.75 bits per heavy atom. The van der Waals surface area contributed by atoms with Crippen molar-refractivity contribution < 1.29 is 0 Å². The van der Waals surface area contributed by atoms with E-state index in [4.69, 9.17) is 0 Å². The summed E-state index contributed by atoms with van der Waals surface area (Å²) in [6.07, 6.45) is 0. The Labute approximate surface area is 58.7 Å². The molecule has 0 aromatic heterocycles. The molecule has 1 nitrogen and oxygen atoms in total. The average Bonchev–Trinajstić information content (AvgIpc) is 1.62. The average molecular weight is 163 g/mol. The summed E-state index contributed by atoms with van der Waals surface area (Å²) in [5.74, 6) is 0. The van der Waals surface area contributed by atoms with Gasteiger partial charge in [-0.05, 0) is 7.05 Å². The minimum atomic E-state index is -0.831. The summed E-state index contributed by atoms with van der Waals surface area (Å²) in [5.41, 5.74) is 0. The molecular weight excluding hydrogens is 146 g/mol. The lowest BCUT2D eigenvalue weighted by Crippen LogP contribution is -2.45. The van der Waals surface area contributed by atoms with Crippen molar-refractivity contribution in [3.8, 4) is 0 Å². The maximum atomic E-state index is 2.65. The van der Waals surface area contributed by atoms with Crippen LogP contribution in [0, 0.1) is 0 Å². The smallest absolute Gasteiger partial charge is 0.111 e. The fraction of sp³-hybridized carbons (Fsp3) is 1.00. The standard InChI is InChI=1S/C4H17NSi3/c1-5(7-6)8(2,3)4/h7H2,1-4,6H3. The van der Waals surface area contributed by atoms with Crippen LogP contribution in [-0.2, 0) is 0 Å². The molecule has 50 valence electrons. The summed E-state index contributed by atoms with van der Waals surface area (Å²) in [5, 5.41) is 0. The SMILES string of the molecule is CN([SiH2][SiH3])[Si](C)(C)C. The zero-order valence-electron chi connectivity index (χ0n) is 6.65. The molecule has 0 aliphatic rings. The Morgan fingerprint density at radius 2 is 1.75 bits per heavy atom. The van der Waals surface area contributed by atoms with Gasteiger partial charge in [0.25, 0.3) is 0 Å². The van der Waals surface area contributed by atoms with Gasteiger partial charge >= 0.3 is 0 Å². The summed E-state index contributed by atoms with van der Waals surface area (Å²) in [7, 11) is 3.19. The molecular formula is C4H17NSi3. The van der Waals surface area contributed by atoms with E-state index in [0.29, 0.717) is 0 Å². The van der Waals surface area contributed by atoms with Gasteiger partial charge < -0.3 is 4.23 Å². The van der Waals surface area contributed by atoms with Crippen LogP contribution < -0.4 is 0 Å². The van der Waals surface area contributed by atoms with Crippen LogP contribution in [0.4, 0.5) is 0 Å². The topological polar surface area (TPSA) is 3.24 Å². The quantitative estimate of drug-likeness (QED) is 0.478. The van der Waals surface area contributed by atoms with Gasteiger partial charge in [-0.1, -0.05) is 19.6 Å². The highest BCUT2D eigenvalue weighted by Crippen LogP contribution is 2.02. The number of rotatable bonds is 2. The second-order valence-corrected chi connectivity index (χ2v) is 12.4. The van der Waals surface area contributed by atoms with Crippen LogP contribution >= 0.6 is 0 Å². The van der Waals surface area contributed by atoms with E-state index in [-0.39, 0.29) is 9.20 Å². The monoisotopic (exact) mass is 163 g/mol. The fourth-order valence-corrected chi connectivity index (χ4v) is 12.8. The van der Waals surface area contributed by atoms with Gasteiger partial charge in [0.1, 0.15) is 8.24 Å². The number of nitrogens with zero attached hydrogens (tertiary/aromatic N) is 1. The van der Waals surface area contributed by atoms with Crippen molar-refractivity contribution in [2.24, 2.45) is 0 Å². The zero-order valence-corrected chi connectivity index (χ0v) is 11.1. The minimum absolute atomic E-state index is 0.268. The van der Waals surface area contributed by atoms with Gasteiger partial charge in [-0.2, -0.15) is 0 Å². The molecule has 0 saturated heterocycles. The maximum Gasteiger partial charge on any atom is 0.111 e. The van der Waals surface area contributed by atoms with Crippen LogP contribution in [0.5, 0.6) is 0 Å². The van der Waals surface area contributed by atoms with E-state index in [1.807, 2.05) is 0 Å². The van der Waals surface area contributed by atoms with Crippen molar-refractivity contribution in [3.63, 3.8) is 0 Å². The molecule has 0 atom stereocenters. The van der Waals surface area contributed by atoms with E-state index in [1.54, 1.807) is 0 Å². The van der Waals surface area contributed by atoms with Crippen LogP contribution in [0.3, 0.4) is 0 Å². The van der Waals surface area contributed by atoms with Crippen molar-refractivity contribution >= 4 is 27.2 Å². The Morgan fingerprint density at radius 1 is 1.38 bits per heavy atom. The minimum Gasteiger partial charge on any atom is -0.356 e. The molecule has 0 bridgehead atoms. The first kappa shape index (κ1) is 8.61. The second kappa shape index (κ2) is 2.95. The Hall–Kier alpha value is 0.611. The van der Waals surface area contributed by atoms with E-state index in [1.165, 1.54) is 9.76 Å². The summed E-state index contributed by atoms with van der Waals surface area (Å²) >= 11 is 0. The first-order chi connectivity index (χ1) is 3.48. The van der Waals surface area contributed by atoms with Gasteiger partial charge in [0, 0.05) is 9.76 Å². The zero-order chi connectivity index (χ0) is 6.78. The molecule has 0 aromatic carbocycles. The predicted octanol–water partition coefficient (Wildman–Crippen LogP) is -0.883. The van der Waals surface area contributed by atoms with Crippen LogP contribution in [-0.4, -0.2) is 38.5 Å². The van der Waals surface area contributed by atoms with Crippen LogP contribution in [0.2, 0.25) is 19.6 Å². The van der Waals surface area contributed by atoms with Gasteiger partial charge in [0.15, 0.2) is 0 Å². The molecule has 0 fully saturated rings. The van der Waals surface area contributed by atoms with Gasteiger partial charge in [-0.25, -0.2) is 0 Å². The molecule has 0 amide bonds. The lowest BCUT2D eigenvalue weighted by Gasteiger charge is -2.28. The second-order valence-electron chi connectivity index (χ2n) is 3.18. The number of hydrogen-bond acceptors (Lipinski definition) is 1. The van der Waals surface area contributed by atoms with Crippen LogP contribution in [0.15, 0.2) is 0 Å². The molecule has 4 heteroatoms. The van der Waals surface area contributed by atoms with Crippen molar-refractivity contribution in [1.29, 1.82) is 0 Å². The summed E-state index contributed by atoms with van der Waals surface area (Å²) < 4.78 is 2.65. The molecule has 0 spiro atoms. The Bertz CT molecular complexity index is 68.2. The lowest BCUT2D eigenvalue weighted by molar-refractivity contribution is 0.814. The highest BCUT2D eigenvalue weighted by Gasteiger charge is 2.16. The van der Waals surface area contributed by atoms with Gasteiger partial charge in [-0.15, -0.1) is 0 Å². The van der Waals surface area contributed by atoms with Crippen molar-refractivity contribution in [1.82, 2.24) is 4.23 Å². The largest absolute Gasteiger partial charge is 0.356 e.